The first kappa shape index (κ1) is 63.6. The van der Waals surface area contributed by atoms with Crippen molar-refractivity contribution in [2.75, 3.05) is 19.8 Å². The van der Waals surface area contributed by atoms with Crippen molar-refractivity contribution in [2.24, 2.45) is 0 Å². The Labute approximate surface area is 418 Å². The summed E-state index contributed by atoms with van der Waals surface area (Å²) in [7, 11) is 0. The van der Waals surface area contributed by atoms with E-state index in [9.17, 15) is 45.6 Å². The van der Waals surface area contributed by atoms with Gasteiger partial charge in [-0.2, -0.15) is 0 Å². The average Bonchev–Trinajstić information content (AvgIpc) is 3.35. The first-order chi connectivity index (χ1) is 33.6. The molecule has 2 heterocycles. The van der Waals surface area contributed by atoms with Gasteiger partial charge in [0, 0.05) is 6.42 Å². The first-order valence-corrected chi connectivity index (χ1v) is 28.1. The van der Waals surface area contributed by atoms with Gasteiger partial charge in [0.1, 0.15) is 48.8 Å². The molecule has 12 atom stereocenters. The zero-order chi connectivity index (χ0) is 50.3. The van der Waals surface area contributed by atoms with E-state index in [1.807, 2.05) is 6.08 Å². The van der Waals surface area contributed by atoms with Crippen molar-refractivity contribution >= 4 is 5.91 Å². The second-order valence-electron chi connectivity index (χ2n) is 20.1. The Morgan fingerprint density at radius 2 is 0.913 bits per heavy atom. The molecule has 69 heavy (non-hydrogen) atoms. The molecule has 1 amide bonds. The summed E-state index contributed by atoms with van der Waals surface area (Å²) in [5, 5.41) is 86.9. The Morgan fingerprint density at radius 3 is 1.38 bits per heavy atom. The highest BCUT2D eigenvalue weighted by molar-refractivity contribution is 5.76. The van der Waals surface area contributed by atoms with Gasteiger partial charge in [0.25, 0.3) is 0 Å². The smallest absolute Gasteiger partial charge is 0.220 e. The summed E-state index contributed by atoms with van der Waals surface area (Å²) in [4.78, 5) is 13.2. The number of unbranched alkanes of at least 4 members (excludes halogenated alkanes) is 29. The topological polar surface area (TPSA) is 228 Å². The number of aliphatic hydroxyl groups is 8. The number of carbonyl (C=O) groups excluding carboxylic acids is 1. The molecule has 14 heteroatoms. The quantitative estimate of drug-likeness (QED) is 0.0206. The van der Waals surface area contributed by atoms with E-state index < -0.39 is 86.8 Å². The molecule has 0 aliphatic carbocycles. The molecule has 0 aromatic carbocycles. The minimum atomic E-state index is -1.79. The van der Waals surface area contributed by atoms with Crippen molar-refractivity contribution in [2.45, 2.75) is 299 Å². The number of hydrogen-bond acceptors (Lipinski definition) is 13. The van der Waals surface area contributed by atoms with Crippen molar-refractivity contribution in [1.82, 2.24) is 5.32 Å². The van der Waals surface area contributed by atoms with Crippen LogP contribution in [0.4, 0.5) is 0 Å². The van der Waals surface area contributed by atoms with Gasteiger partial charge in [-0.05, 0) is 44.9 Å². The summed E-state index contributed by atoms with van der Waals surface area (Å²) in [5.41, 5.74) is 0. The molecule has 0 aromatic heterocycles. The van der Waals surface area contributed by atoms with E-state index in [1.165, 1.54) is 161 Å². The highest BCUT2D eigenvalue weighted by atomic mass is 16.7. The Bertz CT molecular complexity index is 1260. The van der Waals surface area contributed by atoms with E-state index in [1.54, 1.807) is 6.08 Å². The summed E-state index contributed by atoms with van der Waals surface area (Å²) in [6.45, 7) is 2.80. The largest absolute Gasteiger partial charge is 0.394 e. The Hall–Kier alpha value is -1.53. The fourth-order valence-corrected chi connectivity index (χ4v) is 9.29. The molecule has 406 valence electrons. The van der Waals surface area contributed by atoms with Crippen LogP contribution in [0.2, 0.25) is 0 Å². The highest BCUT2D eigenvalue weighted by Crippen LogP contribution is 2.30. The third kappa shape index (κ3) is 28.5. The van der Waals surface area contributed by atoms with Crippen LogP contribution >= 0.6 is 0 Å². The van der Waals surface area contributed by atoms with Crippen LogP contribution in [0.3, 0.4) is 0 Å². The number of allylic oxidation sites excluding steroid dienone is 3. The molecule has 2 rings (SSSR count). The van der Waals surface area contributed by atoms with Crippen LogP contribution < -0.4 is 5.32 Å². The Morgan fingerprint density at radius 1 is 0.507 bits per heavy atom. The number of aliphatic hydroxyl groups excluding tert-OH is 8. The fourth-order valence-electron chi connectivity index (χ4n) is 9.29. The molecule has 0 aromatic rings. The maximum Gasteiger partial charge on any atom is 0.220 e. The number of carbonyl (C=O) groups is 1. The monoisotopic (exact) mass is 986 g/mol. The van der Waals surface area contributed by atoms with Crippen LogP contribution in [-0.4, -0.2) is 140 Å². The SMILES string of the molecule is CCCCCCCC/C=C\CCCCCCCCCCCC(=O)NC(COC1OC(CO)C(OC2OC(CO)C(O)C(O)C2O)C(O)C1O)C(O)/C=C/CCCCCCCCCCCCCCCC. The van der Waals surface area contributed by atoms with Gasteiger partial charge in [0.15, 0.2) is 12.6 Å². The molecule has 0 saturated carbocycles. The third-order valence-electron chi connectivity index (χ3n) is 13.9. The molecule has 2 aliphatic heterocycles. The summed E-state index contributed by atoms with van der Waals surface area (Å²) < 4.78 is 22.7. The van der Waals surface area contributed by atoms with Crippen molar-refractivity contribution in [3.05, 3.63) is 24.3 Å². The lowest BCUT2D eigenvalue weighted by molar-refractivity contribution is -0.359. The van der Waals surface area contributed by atoms with Crippen LogP contribution in [-0.2, 0) is 23.7 Å². The molecular formula is C55H103NO13. The number of rotatable bonds is 44. The van der Waals surface area contributed by atoms with Crippen LogP contribution in [0, 0.1) is 0 Å². The molecule has 0 radical (unpaired) electrons. The fraction of sp³-hybridized carbons (Fsp3) is 0.909. The lowest BCUT2D eigenvalue weighted by Crippen LogP contribution is -2.65. The number of ether oxygens (including phenoxy) is 4. The van der Waals surface area contributed by atoms with Gasteiger partial charge in [0.05, 0.1) is 32.0 Å². The molecule has 12 unspecified atom stereocenters. The van der Waals surface area contributed by atoms with Gasteiger partial charge in [0.2, 0.25) is 5.91 Å². The molecule has 2 fully saturated rings. The second kappa shape index (κ2) is 41.9. The van der Waals surface area contributed by atoms with E-state index in [0.29, 0.717) is 6.42 Å². The minimum absolute atomic E-state index is 0.240. The first-order valence-electron chi connectivity index (χ1n) is 28.1. The van der Waals surface area contributed by atoms with Gasteiger partial charge >= 0.3 is 0 Å². The number of nitrogens with one attached hydrogen (secondary N) is 1. The normalized spacial score (nSPS) is 26.3. The third-order valence-corrected chi connectivity index (χ3v) is 13.9. The number of amides is 1. The minimum Gasteiger partial charge on any atom is -0.394 e. The summed E-state index contributed by atoms with van der Waals surface area (Å²) in [5.74, 6) is -0.240. The standard InChI is InChI=1S/C55H103NO13/c1-3-5-7-9-11-13-15-17-19-21-22-23-25-27-29-31-33-35-37-39-47(60)56-43(44(59)38-36-34-32-30-28-26-24-20-18-16-14-12-10-8-6-4-2)42-66-54-52(65)50(63)53(46(41-58)68-54)69-55-51(64)49(62)48(61)45(40-57)67-55/h17,19,36,38,43-46,48-55,57-59,61-65H,3-16,18,20-35,37,39-42H2,1-2H3,(H,56,60)/b19-17-,38-36+. The van der Waals surface area contributed by atoms with Crippen molar-refractivity contribution in [3.8, 4) is 0 Å². The van der Waals surface area contributed by atoms with Crippen LogP contribution in [0.25, 0.3) is 0 Å². The molecule has 14 nitrogen and oxygen atoms in total. The van der Waals surface area contributed by atoms with Crippen molar-refractivity contribution in [3.63, 3.8) is 0 Å². The van der Waals surface area contributed by atoms with Crippen LogP contribution in [0.5, 0.6) is 0 Å². The van der Waals surface area contributed by atoms with E-state index in [2.05, 4.69) is 31.3 Å². The molecule has 9 N–H and O–H groups in total. The maximum absolute atomic E-state index is 13.2. The van der Waals surface area contributed by atoms with Crippen molar-refractivity contribution in [1.29, 1.82) is 0 Å². The van der Waals surface area contributed by atoms with E-state index in [0.717, 1.165) is 38.5 Å². The zero-order valence-corrected chi connectivity index (χ0v) is 43.3. The lowest BCUT2D eigenvalue weighted by Gasteiger charge is -2.46. The van der Waals surface area contributed by atoms with Crippen LogP contribution in [0.1, 0.15) is 226 Å². The van der Waals surface area contributed by atoms with E-state index in [4.69, 9.17) is 18.9 Å². The van der Waals surface area contributed by atoms with Crippen LogP contribution in [0.15, 0.2) is 24.3 Å². The van der Waals surface area contributed by atoms with Gasteiger partial charge in [-0.1, -0.05) is 199 Å². The summed E-state index contributed by atoms with van der Waals surface area (Å²) in [6, 6.07) is -0.912. The molecule has 2 saturated heterocycles. The van der Waals surface area contributed by atoms with Crippen molar-refractivity contribution < 1.29 is 64.6 Å². The zero-order valence-electron chi connectivity index (χ0n) is 43.3. The summed E-state index contributed by atoms with van der Waals surface area (Å²) >= 11 is 0. The number of hydrogen-bond donors (Lipinski definition) is 9. The predicted molar refractivity (Wildman–Crippen MR) is 272 cm³/mol. The molecular weight excluding hydrogens is 883 g/mol. The average molecular weight is 986 g/mol. The predicted octanol–water partition coefficient (Wildman–Crippen LogP) is 8.50. The van der Waals surface area contributed by atoms with Gasteiger partial charge < -0.3 is 65.1 Å². The Balaban J connectivity index is 1.80. The lowest BCUT2D eigenvalue weighted by atomic mass is 9.97. The highest BCUT2D eigenvalue weighted by Gasteiger charge is 2.51. The molecule has 0 spiro atoms. The van der Waals surface area contributed by atoms with Gasteiger partial charge in [-0.3, -0.25) is 4.79 Å². The molecule has 2 aliphatic rings. The Kier molecular flexibility index (Phi) is 38.6. The summed E-state index contributed by atoms with van der Waals surface area (Å²) in [6.07, 6.45) is 30.6. The van der Waals surface area contributed by atoms with Gasteiger partial charge in [-0.15, -0.1) is 0 Å². The van der Waals surface area contributed by atoms with E-state index in [-0.39, 0.29) is 18.9 Å². The second-order valence-corrected chi connectivity index (χ2v) is 20.1. The maximum atomic E-state index is 13.2. The van der Waals surface area contributed by atoms with Gasteiger partial charge in [-0.25, -0.2) is 0 Å². The van der Waals surface area contributed by atoms with E-state index >= 15 is 0 Å². The molecule has 0 bridgehead atoms.